The summed E-state index contributed by atoms with van der Waals surface area (Å²) in [6, 6.07) is 5.26. The first-order valence-corrected chi connectivity index (χ1v) is 7.55. The average molecular weight is 298 g/mol. The highest BCUT2D eigenvalue weighted by atomic mass is 16.2. The van der Waals surface area contributed by atoms with Crippen molar-refractivity contribution in [3.05, 3.63) is 46.5 Å². The Morgan fingerprint density at radius 3 is 2.64 bits per heavy atom. The van der Waals surface area contributed by atoms with Gasteiger partial charge in [-0.3, -0.25) is 14.6 Å². The van der Waals surface area contributed by atoms with E-state index in [2.05, 4.69) is 20.5 Å². The number of carbonyl (C=O) groups is 1. The minimum absolute atomic E-state index is 0.104. The van der Waals surface area contributed by atoms with E-state index in [0.29, 0.717) is 5.69 Å². The predicted molar refractivity (Wildman–Crippen MR) is 82.4 cm³/mol. The topological polar surface area (TPSA) is 87.7 Å². The number of pyridine rings is 1. The number of aromatic nitrogens is 3. The molecule has 1 amide bonds. The number of nitrogens with one attached hydrogen (secondary N) is 2. The molecule has 1 fully saturated rings. The summed E-state index contributed by atoms with van der Waals surface area (Å²) in [4.78, 5) is 28.2. The van der Waals surface area contributed by atoms with Crippen molar-refractivity contribution in [3.63, 3.8) is 0 Å². The SMILES string of the molecule is O=C(NC1CCCCC1)c1cc(-c2ccncc2)n[nH]c1=O. The van der Waals surface area contributed by atoms with E-state index in [1.165, 1.54) is 12.5 Å². The highest BCUT2D eigenvalue weighted by molar-refractivity contribution is 5.94. The Labute approximate surface area is 128 Å². The minimum atomic E-state index is -0.467. The van der Waals surface area contributed by atoms with E-state index in [0.717, 1.165) is 31.2 Å². The Morgan fingerprint density at radius 2 is 1.91 bits per heavy atom. The highest BCUT2D eigenvalue weighted by Gasteiger charge is 2.19. The Balaban J connectivity index is 1.83. The van der Waals surface area contributed by atoms with Crippen molar-refractivity contribution in [2.24, 2.45) is 0 Å². The molecule has 114 valence electrons. The molecule has 2 aromatic rings. The van der Waals surface area contributed by atoms with Crippen LogP contribution in [-0.4, -0.2) is 27.1 Å². The van der Waals surface area contributed by atoms with Crippen LogP contribution in [0.25, 0.3) is 11.3 Å². The number of aromatic amines is 1. The van der Waals surface area contributed by atoms with Gasteiger partial charge < -0.3 is 5.32 Å². The second kappa shape index (κ2) is 6.51. The summed E-state index contributed by atoms with van der Waals surface area (Å²) in [5, 5.41) is 9.35. The first kappa shape index (κ1) is 14.4. The lowest BCUT2D eigenvalue weighted by atomic mass is 9.95. The fourth-order valence-corrected chi connectivity index (χ4v) is 2.76. The van der Waals surface area contributed by atoms with Crippen LogP contribution in [0.3, 0.4) is 0 Å². The van der Waals surface area contributed by atoms with Crippen molar-refractivity contribution in [3.8, 4) is 11.3 Å². The monoisotopic (exact) mass is 298 g/mol. The second-order valence-corrected chi connectivity index (χ2v) is 5.54. The minimum Gasteiger partial charge on any atom is -0.349 e. The average Bonchev–Trinajstić information content (AvgIpc) is 2.57. The van der Waals surface area contributed by atoms with Gasteiger partial charge in [-0.25, -0.2) is 5.10 Å². The number of carbonyl (C=O) groups excluding carboxylic acids is 1. The van der Waals surface area contributed by atoms with Crippen molar-refractivity contribution in [2.45, 2.75) is 38.1 Å². The van der Waals surface area contributed by atoms with Crippen LogP contribution >= 0.6 is 0 Å². The molecule has 3 rings (SSSR count). The lowest BCUT2D eigenvalue weighted by Gasteiger charge is -2.22. The zero-order chi connectivity index (χ0) is 15.4. The van der Waals surface area contributed by atoms with Gasteiger partial charge in [0, 0.05) is 24.0 Å². The maximum absolute atomic E-state index is 12.3. The zero-order valence-corrected chi connectivity index (χ0v) is 12.2. The molecule has 2 heterocycles. The number of hydrogen-bond acceptors (Lipinski definition) is 4. The van der Waals surface area contributed by atoms with E-state index < -0.39 is 5.56 Å². The molecule has 0 atom stereocenters. The van der Waals surface area contributed by atoms with Crippen molar-refractivity contribution >= 4 is 5.91 Å². The second-order valence-electron chi connectivity index (χ2n) is 5.54. The van der Waals surface area contributed by atoms with Crippen molar-refractivity contribution in [2.75, 3.05) is 0 Å². The number of amides is 1. The van der Waals surface area contributed by atoms with Crippen LogP contribution in [0.2, 0.25) is 0 Å². The van der Waals surface area contributed by atoms with Crippen molar-refractivity contribution in [1.29, 1.82) is 0 Å². The van der Waals surface area contributed by atoms with Gasteiger partial charge in [-0.15, -0.1) is 0 Å². The summed E-state index contributed by atoms with van der Waals surface area (Å²) < 4.78 is 0. The van der Waals surface area contributed by atoms with Crippen molar-refractivity contribution < 1.29 is 4.79 Å². The molecule has 0 aliphatic heterocycles. The first-order valence-electron chi connectivity index (χ1n) is 7.55. The van der Waals surface area contributed by atoms with E-state index in [-0.39, 0.29) is 17.5 Å². The Morgan fingerprint density at radius 1 is 1.18 bits per heavy atom. The van der Waals surface area contributed by atoms with Crippen molar-refractivity contribution in [1.82, 2.24) is 20.5 Å². The predicted octanol–water partition coefficient (Wildman–Crippen LogP) is 1.89. The summed E-state index contributed by atoms with van der Waals surface area (Å²) in [5.41, 5.74) is 0.993. The molecular formula is C16H18N4O2. The molecule has 1 saturated carbocycles. The largest absolute Gasteiger partial charge is 0.349 e. The number of nitrogens with zero attached hydrogens (tertiary/aromatic N) is 2. The van der Waals surface area contributed by atoms with Gasteiger partial charge in [0.2, 0.25) is 0 Å². The number of rotatable bonds is 3. The zero-order valence-electron chi connectivity index (χ0n) is 12.2. The Bertz CT molecular complexity index is 706. The molecule has 1 aliphatic rings. The van der Waals surface area contributed by atoms with Gasteiger partial charge in [-0.2, -0.15) is 5.10 Å². The quantitative estimate of drug-likeness (QED) is 0.906. The standard InChI is InChI=1S/C16H18N4O2/c21-15(18-12-4-2-1-3-5-12)13-10-14(19-20-16(13)22)11-6-8-17-9-7-11/h6-10,12H,1-5H2,(H,18,21)(H,20,22). The summed E-state index contributed by atoms with van der Waals surface area (Å²) in [6.45, 7) is 0. The molecule has 0 saturated heterocycles. The van der Waals surface area contributed by atoms with Crippen LogP contribution in [-0.2, 0) is 0 Å². The number of H-pyrrole nitrogens is 1. The molecule has 2 aromatic heterocycles. The Kier molecular flexibility index (Phi) is 4.27. The highest BCUT2D eigenvalue weighted by Crippen LogP contribution is 2.18. The number of hydrogen-bond donors (Lipinski definition) is 2. The van der Waals surface area contributed by atoms with E-state index >= 15 is 0 Å². The van der Waals surface area contributed by atoms with Gasteiger partial charge >= 0.3 is 0 Å². The summed E-state index contributed by atoms with van der Waals surface area (Å²) in [7, 11) is 0. The summed E-state index contributed by atoms with van der Waals surface area (Å²) in [6.07, 6.45) is 8.71. The van der Waals surface area contributed by atoms with E-state index in [4.69, 9.17) is 0 Å². The van der Waals surface area contributed by atoms with Crippen LogP contribution in [0, 0.1) is 0 Å². The van der Waals surface area contributed by atoms with Crippen LogP contribution in [0.5, 0.6) is 0 Å². The van der Waals surface area contributed by atoms with Crippen LogP contribution < -0.4 is 10.9 Å². The van der Waals surface area contributed by atoms with Gasteiger partial charge in [-0.1, -0.05) is 19.3 Å². The first-order chi connectivity index (χ1) is 10.7. The molecule has 0 spiro atoms. The maximum atomic E-state index is 12.3. The van der Waals surface area contributed by atoms with Crippen LogP contribution in [0.1, 0.15) is 42.5 Å². The third-order valence-electron chi connectivity index (χ3n) is 3.96. The molecule has 0 unspecified atom stereocenters. The fourth-order valence-electron chi connectivity index (χ4n) is 2.76. The van der Waals surface area contributed by atoms with Crippen LogP contribution in [0.4, 0.5) is 0 Å². The molecule has 22 heavy (non-hydrogen) atoms. The normalized spacial score (nSPS) is 15.5. The summed E-state index contributed by atoms with van der Waals surface area (Å²) >= 11 is 0. The van der Waals surface area contributed by atoms with Gasteiger partial charge in [-0.05, 0) is 31.0 Å². The van der Waals surface area contributed by atoms with Gasteiger partial charge in [0.05, 0.1) is 5.69 Å². The molecule has 0 radical (unpaired) electrons. The van der Waals surface area contributed by atoms with E-state index in [9.17, 15) is 9.59 Å². The Hall–Kier alpha value is -2.50. The third-order valence-corrected chi connectivity index (χ3v) is 3.96. The van der Waals surface area contributed by atoms with E-state index in [1.807, 2.05) is 0 Å². The summed E-state index contributed by atoms with van der Waals surface area (Å²) in [5.74, 6) is -0.328. The molecule has 1 aliphatic carbocycles. The van der Waals surface area contributed by atoms with Gasteiger partial charge in [0.15, 0.2) is 0 Å². The molecule has 6 heteroatoms. The van der Waals surface area contributed by atoms with Crippen LogP contribution in [0.15, 0.2) is 35.4 Å². The van der Waals surface area contributed by atoms with Gasteiger partial charge in [0.25, 0.3) is 11.5 Å². The third kappa shape index (κ3) is 3.21. The van der Waals surface area contributed by atoms with E-state index in [1.54, 1.807) is 24.5 Å². The lowest BCUT2D eigenvalue weighted by Crippen LogP contribution is -2.38. The fraction of sp³-hybridized carbons (Fsp3) is 0.375. The molecule has 6 nitrogen and oxygen atoms in total. The molecule has 0 aromatic carbocycles. The smallest absolute Gasteiger partial charge is 0.277 e. The lowest BCUT2D eigenvalue weighted by molar-refractivity contribution is 0.0926. The van der Waals surface area contributed by atoms with Gasteiger partial charge in [0.1, 0.15) is 5.56 Å². The molecular weight excluding hydrogens is 280 g/mol. The molecule has 2 N–H and O–H groups in total. The maximum Gasteiger partial charge on any atom is 0.277 e. The molecule has 0 bridgehead atoms.